The molecular weight excluding hydrogens is 317 g/mol. The molecule has 5 nitrogen and oxygen atoms in total. The molecule has 0 radical (unpaired) electrons. The van der Waals surface area contributed by atoms with Gasteiger partial charge in [0.05, 0.1) is 26.1 Å². The Balaban J connectivity index is 2.17. The number of nitrogens with zero attached hydrogens (tertiary/aromatic N) is 1. The molecule has 2 aromatic rings. The van der Waals surface area contributed by atoms with Crippen molar-refractivity contribution < 1.29 is 14.5 Å². The third-order valence-electron chi connectivity index (χ3n) is 2.71. The quantitative estimate of drug-likeness (QED) is 0.478. The maximum absolute atomic E-state index is 12.0. The van der Waals surface area contributed by atoms with Gasteiger partial charge in [-0.2, -0.15) is 0 Å². The summed E-state index contributed by atoms with van der Waals surface area (Å²) in [6, 6.07) is 10.6. The Labute approximate surface area is 130 Å². The Kier molecular flexibility index (Phi) is 4.77. The number of esters is 1. The number of hydrogen-bond acceptors (Lipinski definition) is 4. The number of halogens is 2. The van der Waals surface area contributed by atoms with E-state index in [0.29, 0.717) is 5.56 Å². The summed E-state index contributed by atoms with van der Waals surface area (Å²) >= 11 is 11.8. The summed E-state index contributed by atoms with van der Waals surface area (Å²) in [5, 5.41) is 11.2. The zero-order valence-electron chi connectivity index (χ0n) is 10.6. The normalized spacial score (nSPS) is 10.2. The maximum Gasteiger partial charge on any atom is 0.341 e. The molecule has 0 saturated carbocycles. The summed E-state index contributed by atoms with van der Waals surface area (Å²) < 4.78 is 5.05. The topological polar surface area (TPSA) is 69.4 Å². The Morgan fingerprint density at radius 2 is 1.71 bits per heavy atom. The molecule has 2 rings (SSSR count). The number of nitro groups is 1. The molecule has 0 aliphatic heterocycles. The average Bonchev–Trinajstić information content (AvgIpc) is 2.45. The second-order valence-electron chi connectivity index (χ2n) is 4.06. The average molecular weight is 326 g/mol. The van der Waals surface area contributed by atoms with Gasteiger partial charge in [0.1, 0.15) is 6.61 Å². The second kappa shape index (κ2) is 6.56. The molecule has 0 heterocycles. The smallest absolute Gasteiger partial charge is 0.341 e. The molecule has 0 N–H and O–H groups in total. The van der Waals surface area contributed by atoms with Crippen LogP contribution in [0, 0.1) is 10.1 Å². The first kappa shape index (κ1) is 15.3. The Morgan fingerprint density at radius 1 is 1.10 bits per heavy atom. The summed E-state index contributed by atoms with van der Waals surface area (Å²) in [6.07, 6.45) is 0. The fourth-order valence-corrected chi connectivity index (χ4v) is 2.27. The molecule has 0 unspecified atom stereocenters. The van der Waals surface area contributed by atoms with Gasteiger partial charge in [0, 0.05) is 6.07 Å². The van der Waals surface area contributed by atoms with E-state index in [4.69, 9.17) is 27.9 Å². The lowest BCUT2D eigenvalue weighted by molar-refractivity contribution is -0.385. The van der Waals surface area contributed by atoms with Crippen molar-refractivity contribution in [3.05, 3.63) is 73.8 Å². The standard InChI is InChI=1S/C14H9Cl2NO4/c15-10-5-3-6-11(16)13(10)14(18)21-8-9-4-1-2-7-12(9)17(19)20/h1-7H,8H2. The summed E-state index contributed by atoms with van der Waals surface area (Å²) in [7, 11) is 0. The van der Waals surface area contributed by atoms with Crippen LogP contribution in [0.2, 0.25) is 10.0 Å². The molecule has 0 atom stereocenters. The molecule has 21 heavy (non-hydrogen) atoms. The molecule has 0 spiro atoms. The van der Waals surface area contributed by atoms with Gasteiger partial charge in [-0.3, -0.25) is 10.1 Å². The molecule has 0 aliphatic rings. The van der Waals surface area contributed by atoms with Crippen LogP contribution < -0.4 is 0 Å². The number of nitro benzene ring substituents is 1. The number of hydrogen-bond donors (Lipinski definition) is 0. The molecule has 0 amide bonds. The first-order valence-corrected chi connectivity index (χ1v) is 6.59. The highest BCUT2D eigenvalue weighted by atomic mass is 35.5. The summed E-state index contributed by atoms with van der Waals surface area (Å²) in [5.41, 5.74) is 0.217. The van der Waals surface area contributed by atoms with E-state index in [0.717, 1.165) is 0 Å². The first-order chi connectivity index (χ1) is 10.0. The minimum absolute atomic E-state index is 0.0411. The molecule has 0 aliphatic carbocycles. The molecule has 7 heteroatoms. The minimum atomic E-state index is -0.733. The van der Waals surface area contributed by atoms with Crippen molar-refractivity contribution in [3.63, 3.8) is 0 Å². The highest BCUT2D eigenvalue weighted by Crippen LogP contribution is 2.26. The van der Waals surface area contributed by atoms with E-state index in [1.165, 1.54) is 30.3 Å². The minimum Gasteiger partial charge on any atom is -0.457 e. The summed E-state index contributed by atoms with van der Waals surface area (Å²) in [6.45, 7) is -0.239. The van der Waals surface area contributed by atoms with Gasteiger partial charge in [-0.25, -0.2) is 4.79 Å². The van der Waals surface area contributed by atoms with Crippen LogP contribution in [0.5, 0.6) is 0 Å². The highest BCUT2D eigenvalue weighted by Gasteiger charge is 2.18. The lowest BCUT2D eigenvalue weighted by Crippen LogP contribution is -2.08. The van der Waals surface area contributed by atoms with E-state index in [1.807, 2.05) is 0 Å². The van der Waals surface area contributed by atoms with Crippen molar-refractivity contribution in [3.8, 4) is 0 Å². The fourth-order valence-electron chi connectivity index (χ4n) is 1.72. The number of ether oxygens (including phenoxy) is 1. The number of para-hydroxylation sites is 1. The van der Waals surface area contributed by atoms with Crippen molar-refractivity contribution >= 4 is 34.9 Å². The van der Waals surface area contributed by atoms with E-state index in [2.05, 4.69) is 0 Å². The fraction of sp³-hybridized carbons (Fsp3) is 0.0714. The van der Waals surface area contributed by atoms with Crippen molar-refractivity contribution in [1.82, 2.24) is 0 Å². The predicted molar refractivity (Wildman–Crippen MR) is 78.7 cm³/mol. The lowest BCUT2D eigenvalue weighted by Gasteiger charge is -2.08. The maximum atomic E-state index is 12.0. The van der Waals surface area contributed by atoms with Gasteiger partial charge in [0.2, 0.25) is 0 Å². The van der Waals surface area contributed by atoms with Gasteiger partial charge >= 0.3 is 5.97 Å². The largest absolute Gasteiger partial charge is 0.457 e. The number of rotatable bonds is 4. The second-order valence-corrected chi connectivity index (χ2v) is 4.87. The van der Waals surface area contributed by atoms with Gasteiger partial charge in [-0.1, -0.05) is 41.4 Å². The van der Waals surface area contributed by atoms with Crippen LogP contribution in [0.4, 0.5) is 5.69 Å². The third kappa shape index (κ3) is 3.51. The molecule has 2 aromatic carbocycles. The zero-order chi connectivity index (χ0) is 15.4. The van der Waals surface area contributed by atoms with Crippen LogP contribution in [-0.4, -0.2) is 10.9 Å². The van der Waals surface area contributed by atoms with E-state index in [-0.39, 0.29) is 27.9 Å². The molecular formula is C14H9Cl2NO4. The van der Waals surface area contributed by atoms with Crippen LogP contribution in [-0.2, 0) is 11.3 Å². The van der Waals surface area contributed by atoms with Crippen molar-refractivity contribution in [2.24, 2.45) is 0 Å². The summed E-state index contributed by atoms with van der Waals surface area (Å²) in [4.78, 5) is 22.3. The number of carbonyl (C=O) groups is 1. The van der Waals surface area contributed by atoms with Crippen LogP contribution in [0.1, 0.15) is 15.9 Å². The molecule has 0 bridgehead atoms. The van der Waals surface area contributed by atoms with Crippen molar-refractivity contribution in [1.29, 1.82) is 0 Å². The van der Waals surface area contributed by atoms with E-state index in [9.17, 15) is 14.9 Å². The Hall–Kier alpha value is -2.11. The molecule has 0 fully saturated rings. The molecule has 0 saturated heterocycles. The van der Waals surface area contributed by atoms with Crippen molar-refractivity contribution in [2.75, 3.05) is 0 Å². The van der Waals surface area contributed by atoms with E-state index >= 15 is 0 Å². The van der Waals surface area contributed by atoms with Gasteiger partial charge in [0.25, 0.3) is 5.69 Å². The molecule has 0 aromatic heterocycles. The summed E-state index contributed by atoms with van der Waals surface area (Å²) in [5.74, 6) is -0.733. The van der Waals surface area contributed by atoms with Crippen LogP contribution in [0.3, 0.4) is 0 Å². The zero-order valence-corrected chi connectivity index (χ0v) is 12.1. The SMILES string of the molecule is O=C(OCc1ccccc1[N+](=O)[O-])c1c(Cl)cccc1Cl. The number of carbonyl (C=O) groups excluding carboxylic acids is 1. The predicted octanol–water partition coefficient (Wildman–Crippen LogP) is 4.26. The Morgan fingerprint density at radius 3 is 2.33 bits per heavy atom. The van der Waals surface area contributed by atoms with Gasteiger partial charge in [-0.15, -0.1) is 0 Å². The lowest BCUT2D eigenvalue weighted by atomic mass is 10.2. The monoisotopic (exact) mass is 325 g/mol. The van der Waals surface area contributed by atoms with E-state index < -0.39 is 10.9 Å². The van der Waals surface area contributed by atoms with Crippen molar-refractivity contribution in [2.45, 2.75) is 6.61 Å². The van der Waals surface area contributed by atoms with Gasteiger partial charge in [0.15, 0.2) is 0 Å². The third-order valence-corrected chi connectivity index (χ3v) is 3.34. The highest BCUT2D eigenvalue weighted by molar-refractivity contribution is 6.39. The number of benzene rings is 2. The first-order valence-electron chi connectivity index (χ1n) is 5.84. The van der Waals surface area contributed by atoms with Gasteiger partial charge in [-0.05, 0) is 18.2 Å². The van der Waals surface area contributed by atoms with Gasteiger partial charge < -0.3 is 4.74 Å². The van der Waals surface area contributed by atoms with Crippen LogP contribution >= 0.6 is 23.2 Å². The van der Waals surface area contributed by atoms with E-state index in [1.54, 1.807) is 12.1 Å². The Bertz CT molecular complexity index is 683. The van der Waals surface area contributed by atoms with Crippen LogP contribution in [0.25, 0.3) is 0 Å². The van der Waals surface area contributed by atoms with Crippen LogP contribution in [0.15, 0.2) is 42.5 Å². The molecule has 108 valence electrons.